The average Bonchev–Trinajstić information content (AvgIpc) is 2.11. The van der Waals surface area contributed by atoms with Crippen molar-refractivity contribution in [2.45, 2.75) is 51.0 Å². The van der Waals surface area contributed by atoms with Crippen LogP contribution < -0.4 is 11.1 Å². The summed E-state index contributed by atoms with van der Waals surface area (Å²) in [7, 11) is -1.53. The fourth-order valence-corrected chi connectivity index (χ4v) is 1.86. The lowest BCUT2D eigenvalue weighted by Gasteiger charge is -2.37. The van der Waals surface area contributed by atoms with Gasteiger partial charge in [-0.05, 0) is 31.6 Å². The first-order valence-electron chi connectivity index (χ1n) is 5.81. The number of hydrogen-bond acceptors (Lipinski definition) is 4. The maximum absolute atomic E-state index is 11.8. The van der Waals surface area contributed by atoms with Crippen LogP contribution in [0.2, 0.25) is 0 Å². The molecule has 1 aliphatic carbocycles. The minimum atomic E-state index is -1.53. The van der Waals surface area contributed by atoms with Crippen molar-refractivity contribution in [3.05, 3.63) is 0 Å². The van der Waals surface area contributed by atoms with E-state index in [4.69, 9.17) is 15.8 Å². The van der Waals surface area contributed by atoms with Gasteiger partial charge in [-0.1, -0.05) is 13.8 Å². The SMILES string of the molecule is CC(C)CC(NC(=O)C1(N)CCC1)B(O)O. The number of nitrogens with two attached hydrogens (primary N) is 1. The Hall–Kier alpha value is -0.585. The van der Waals surface area contributed by atoms with Gasteiger partial charge in [0.05, 0.1) is 11.5 Å². The second kappa shape index (κ2) is 5.16. The normalized spacial score (nSPS) is 20.1. The molecule has 0 aromatic carbocycles. The first-order chi connectivity index (χ1) is 7.35. The summed E-state index contributed by atoms with van der Waals surface area (Å²) in [5, 5.41) is 21.0. The van der Waals surface area contributed by atoms with Gasteiger partial charge in [0.15, 0.2) is 0 Å². The van der Waals surface area contributed by atoms with Crippen LogP contribution in [-0.4, -0.2) is 34.6 Å². The lowest BCUT2D eigenvalue weighted by Crippen LogP contribution is -2.62. The van der Waals surface area contributed by atoms with Gasteiger partial charge in [0.2, 0.25) is 5.91 Å². The van der Waals surface area contributed by atoms with E-state index >= 15 is 0 Å². The highest BCUT2D eigenvalue weighted by molar-refractivity contribution is 6.43. The predicted octanol–water partition coefficient (Wildman–Crippen LogP) is -0.589. The van der Waals surface area contributed by atoms with Crippen molar-refractivity contribution in [1.29, 1.82) is 0 Å². The molecule has 1 atom stereocenters. The minimum Gasteiger partial charge on any atom is -0.426 e. The second-order valence-electron chi connectivity index (χ2n) is 5.13. The van der Waals surface area contributed by atoms with Crippen LogP contribution in [0.15, 0.2) is 0 Å². The number of hydrogen-bond donors (Lipinski definition) is 4. The zero-order valence-corrected chi connectivity index (χ0v) is 9.94. The molecule has 1 fully saturated rings. The first-order valence-corrected chi connectivity index (χ1v) is 5.81. The molecular formula is C10H21BN2O3. The Balaban J connectivity index is 2.51. The topological polar surface area (TPSA) is 95.6 Å². The van der Waals surface area contributed by atoms with Gasteiger partial charge in [0.25, 0.3) is 0 Å². The van der Waals surface area contributed by atoms with Crippen LogP contribution in [0.5, 0.6) is 0 Å². The predicted molar refractivity (Wildman–Crippen MR) is 62.3 cm³/mol. The summed E-state index contributed by atoms with van der Waals surface area (Å²) in [6, 6.07) is 0. The summed E-state index contributed by atoms with van der Waals surface area (Å²) >= 11 is 0. The van der Waals surface area contributed by atoms with Gasteiger partial charge in [-0.3, -0.25) is 4.79 Å². The van der Waals surface area contributed by atoms with Gasteiger partial charge in [-0.15, -0.1) is 0 Å². The number of carbonyl (C=O) groups is 1. The van der Waals surface area contributed by atoms with Gasteiger partial charge < -0.3 is 21.1 Å². The number of rotatable bonds is 5. The molecule has 16 heavy (non-hydrogen) atoms. The number of amides is 1. The van der Waals surface area contributed by atoms with Crippen molar-refractivity contribution in [2.75, 3.05) is 0 Å². The first kappa shape index (κ1) is 13.5. The molecule has 0 radical (unpaired) electrons. The molecule has 0 spiro atoms. The highest BCUT2D eigenvalue weighted by Gasteiger charge is 2.41. The number of carbonyl (C=O) groups excluding carboxylic acids is 1. The van der Waals surface area contributed by atoms with E-state index in [-0.39, 0.29) is 11.8 Å². The molecule has 1 unspecified atom stereocenters. The molecule has 1 rings (SSSR count). The zero-order chi connectivity index (χ0) is 12.3. The van der Waals surface area contributed by atoms with Crippen molar-refractivity contribution in [2.24, 2.45) is 11.7 Å². The zero-order valence-electron chi connectivity index (χ0n) is 9.94. The molecule has 1 amide bonds. The number of nitrogens with one attached hydrogen (secondary N) is 1. The van der Waals surface area contributed by atoms with Crippen molar-refractivity contribution < 1.29 is 14.8 Å². The van der Waals surface area contributed by atoms with Crippen LogP contribution in [-0.2, 0) is 4.79 Å². The standard InChI is InChI=1S/C10H21BN2O3/c1-7(2)6-8(11(15)16)13-9(14)10(12)4-3-5-10/h7-8,15-16H,3-6,12H2,1-2H3,(H,13,14). The molecule has 0 heterocycles. The molecule has 92 valence electrons. The lowest BCUT2D eigenvalue weighted by molar-refractivity contribution is -0.129. The van der Waals surface area contributed by atoms with E-state index in [2.05, 4.69) is 5.32 Å². The van der Waals surface area contributed by atoms with E-state index < -0.39 is 18.6 Å². The van der Waals surface area contributed by atoms with Crippen LogP contribution in [0, 0.1) is 5.92 Å². The Morgan fingerprint density at radius 3 is 2.38 bits per heavy atom. The maximum atomic E-state index is 11.8. The molecular weight excluding hydrogens is 207 g/mol. The average molecular weight is 228 g/mol. The van der Waals surface area contributed by atoms with Crippen molar-refractivity contribution in [3.63, 3.8) is 0 Å². The molecule has 6 heteroatoms. The van der Waals surface area contributed by atoms with E-state index in [1.165, 1.54) is 0 Å². The Bertz CT molecular complexity index is 254. The lowest BCUT2D eigenvalue weighted by atomic mass is 9.72. The molecule has 0 aromatic heterocycles. The van der Waals surface area contributed by atoms with E-state index in [9.17, 15) is 4.79 Å². The van der Waals surface area contributed by atoms with Crippen LogP contribution in [0.25, 0.3) is 0 Å². The summed E-state index contributed by atoms with van der Waals surface area (Å²) < 4.78 is 0. The highest BCUT2D eigenvalue weighted by atomic mass is 16.4. The molecule has 0 saturated heterocycles. The van der Waals surface area contributed by atoms with Crippen LogP contribution in [0.4, 0.5) is 0 Å². The van der Waals surface area contributed by atoms with Crippen LogP contribution in [0.1, 0.15) is 39.5 Å². The van der Waals surface area contributed by atoms with Crippen molar-refractivity contribution in [1.82, 2.24) is 5.32 Å². The van der Waals surface area contributed by atoms with Crippen molar-refractivity contribution in [3.8, 4) is 0 Å². The Kier molecular flexibility index (Phi) is 4.35. The largest absolute Gasteiger partial charge is 0.475 e. The van der Waals surface area contributed by atoms with Gasteiger partial charge in [-0.2, -0.15) is 0 Å². The highest BCUT2D eigenvalue weighted by Crippen LogP contribution is 2.29. The summed E-state index contributed by atoms with van der Waals surface area (Å²) in [5.41, 5.74) is 5.06. The van der Waals surface area contributed by atoms with E-state index in [1.807, 2.05) is 13.8 Å². The van der Waals surface area contributed by atoms with Gasteiger partial charge in [0.1, 0.15) is 0 Å². The monoisotopic (exact) mass is 228 g/mol. The van der Waals surface area contributed by atoms with E-state index in [0.29, 0.717) is 19.3 Å². The third kappa shape index (κ3) is 3.20. The molecule has 0 aliphatic heterocycles. The Morgan fingerprint density at radius 1 is 1.50 bits per heavy atom. The van der Waals surface area contributed by atoms with Crippen molar-refractivity contribution >= 4 is 13.0 Å². The van der Waals surface area contributed by atoms with Crippen LogP contribution >= 0.6 is 0 Å². The summed E-state index contributed by atoms with van der Waals surface area (Å²) in [4.78, 5) is 11.8. The molecule has 5 N–H and O–H groups in total. The van der Waals surface area contributed by atoms with Gasteiger partial charge in [-0.25, -0.2) is 0 Å². The molecule has 5 nitrogen and oxygen atoms in total. The fraction of sp³-hybridized carbons (Fsp3) is 0.900. The summed E-state index contributed by atoms with van der Waals surface area (Å²) in [5.74, 6) is -0.617. The maximum Gasteiger partial charge on any atom is 0.475 e. The Labute approximate surface area is 96.6 Å². The van der Waals surface area contributed by atoms with E-state index in [0.717, 1.165) is 6.42 Å². The smallest absolute Gasteiger partial charge is 0.426 e. The molecule has 1 aliphatic rings. The quantitative estimate of drug-likeness (QED) is 0.473. The third-order valence-corrected chi connectivity index (χ3v) is 3.10. The van der Waals surface area contributed by atoms with Crippen LogP contribution in [0.3, 0.4) is 0 Å². The van der Waals surface area contributed by atoms with Gasteiger partial charge >= 0.3 is 7.12 Å². The minimum absolute atomic E-state index is 0.266. The summed E-state index contributed by atoms with van der Waals surface area (Å²) in [6.07, 6.45) is 2.84. The summed E-state index contributed by atoms with van der Waals surface area (Å²) in [6.45, 7) is 3.92. The molecule has 0 aromatic rings. The van der Waals surface area contributed by atoms with E-state index in [1.54, 1.807) is 0 Å². The van der Waals surface area contributed by atoms with Gasteiger partial charge in [0, 0.05) is 0 Å². The Morgan fingerprint density at radius 2 is 2.06 bits per heavy atom. The molecule has 0 bridgehead atoms. The second-order valence-corrected chi connectivity index (χ2v) is 5.13. The third-order valence-electron chi connectivity index (χ3n) is 3.10. The fourth-order valence-electron chi connectivity index (χ4n) is 1.86. The molecule has 1 saturated carbocycles.